The number of carboxylic acid groups (broad SMARTS) is 1. The van der Waals surface area contributed by atoms with E-state index in [0.717, 1.165) is 36.0 Å². The Kier molecular flexibility index (Phi) is 6.82. The van der Waals surface area contributed by atoms with Gasteiger partial charge in [-0.3, -0.25) is 4.79 Å². The van der Waals surface area contributed by atoms with Gasteiger partial charge in [-0.2, -0.15) is 0 Å². The Hall–Kier alpha value is 0.470. The molecule has 150 valence electrons. The SMILES string of the molecule is CC(CCC(=O)O)[C@H]1CC[C@H]2[C@@H]3CCC4CCCC[C@]4(C)[C@H]3CC[C@]12C.[NaH]. The van der Waals surface area contributed by atoms with Crippen molar-refractivity contribution < 1.29 is 9.90 Å². The van der Waals surface area contributed by atoms with Crippen molar-refractivity contribution in [3.8, 4) is 0 Å². The van der Waals surface area contributed by atoms with Crippen molar-refractivity contribution >= 4 is 35.5 Å². The topological polar surface area (TPSA) is 37.3 Å². The molecule has 1 N–H and O–H groups in total. The van der Waals surface area contributed by atoms with Gasteiger partial charge in [0.05, 0.1) is 0 Å². The summed E-state index contributed by atoms with van der Waals surface area (Å²) in [6.07, 6.45) is 15.7. The predicted octanol–water partition coefficient (Wildman–Crippen LogP) is 5.89. The van der Waals surface area contributed by atoms with E-state index in [1.54, 1.807) is 0 Å². The van der Waals surface area contributed by atoms with Crippen molar-refractivity contribution in [2.24, 2.45) is 46.3 Å². The molecule has 27 heavy (non-hydrogen) atoms. The van der Waals surface area contributed by atoms with Gasteiger partial charge in [0.15, 0.2) is 0 Å². The van der Waals surface area contributed by atoms with Crippen LogP contribution >= 0.6 is 0 Å². The van der Waals surface area contributed by atoms with E-state index >= 15 is 0 Å². The normalized spacial score (nSPS) is 47.1. The Morgan fingerprint density at radius 3 is 2.44 bits per heavy atom. The molecule has 4 saturated carbocycles. The molecule has 2 unspecified atom stereocenters. The molecule has 8 atom stereocenters. The van der Waals surface area contributed by atoms with Gasteiger partial charge in [-0.1, -0.05) is 33.6 Å². The number of hydrogen-bond donors (Lipinski definition) is 1. The van der Waals surface area contributed by atoms with Gasteiger partial charge >= 0.3 is 35.5 Å². The monoisotopic (exact) mass is 384 g/mol. The Bertz CT molecular complexity index is 548. The van der Waals surface area contributed by atoms with Gasteiger partial charge in [0, 0.05) is 6.42 Å². The second kappa shape index (κ2) is 8.31. The third-order valence-electron chi connectivity index (χ3n) is 10.2. The summed E-state index contributed by atoms with van der Waals surface area (Å²) in [5, 5.41) is 9.09. The van der Waals surface area contributed by atoms with Gasteiger partial charge in [0.2, 0.25) is 0 Å². The number of fused-ring (bicyclic) bond motifs is 5. The van der Waals surface area contributed by atoms with Crippen molar-refractivity contribution in [2.75, 3.05) is 0 Å². The van der Waals surface area contributed by atoms with Gasteiger partial charge in [0.1, 0.15) is 0 Å². The Morgan fingerprint density at radius 1 is 0.963 bits per heavy atom. The molecule has 0 aliphatic heterocycles. The van der Waals surface area contributed by atoms with E-state index in [4.69, 9.17) is 5.11 Å². The van der Waals surface area contributed by atoms with Crippen LogP contribution in [0.3, 0.4) is 0 Å². The molecule has 0 radical (unpaired) electrons. The minimum atomic E-state index is -0.621. The zero-order valence-electron chi connectivity index (χ0n) is 17.3. The molecule has 4 aliphatic rings. The van der Waals surface area contributed by atoms with Crippen LogP contribution in [0.2, 0.25) is 0 Å². The molecule has 4 rings (SSSR count). The summed E-state index contributed by atoms with van der Waals surface area (Å²) in [5.74, 6) is 4.57. The number of rotatable bonds is 4. The summed E-state index contributed by atoms with van der Waals surface area (Å²) in [7, 11) is 0. The number of carboxylic acids is 1. The molecule has 0 aromatic rings. The van der Waals surface area contributed by atoms with Crippen LogP contribution in [-0.2, 0) is 4.79 Å². The molecule has 0 aromatic heterocycles. The van der Waals surface area contributed by atoms with Gasteiger partial charge in [-0.15, -0.1) is 0 Å². The molecule has 4 fully saturated rings. The van der Waals surface area contributed by atoms with Crippen LogP contribution in [-0.4, -0.2) is 40.6 Å². The molecule has 0 spiro atoms. The van der Waals surface area contributed by atoms with E-state index in [1.807, 2.05) is 0 Å². The van der Waals surface area contributed by atoms with Crippen LogP contribution in [0.1, 0.15) is 97.8 Å². The Balaban J connectivity index is 0.00000210. The Morgan fingerprint density at radius 2 is 1.70 bits per heavy atom. The zero-order valence-corrected chi connectivity index (χ0v) is 17.3. The molecule has 0 saturated heterocycles. The summed E-state index contributed by atoms with van der Waals surface area (Å²) < 4.78 is 0. The van der Waals surface area contributed by atoms with Gasteiger partial charge < -0.3 is 5.11 Å². The second-order valence-electron chi connectivity index (χ2n) is 11.0. The van der Waals surface area contributed by atoms with Crippen molar-refractivity contribution in [1.82, 2.24) is 0 Å². The Labute approximate surface area is 188 Å². The van der Waals surface area contributed by atoms with Crippen molar-refractivity contribution in [1.29, 1.82) is 0 Å². The summed E-state index contributed by atoms with van der Waals surface area (Å²) in [6, 6.07) is 0. The van der Waals surface area contributed by atoms with E-state index in [1.165, 1.54) is 64.2 Å². The summed E-state index contributed by atoms with van der Waals surface area (Å²) in [4.78, 5) is 11.0. The number of carbonyl (C=O) groups is 1. The maximum absolute atomic E-state index is 11.0. The first-order chi connectivity index (χ1) is 12.4. The summed E-state index contributed by atoms with van der Waals surface area (Å²) >= 11 is 0. The predicted molar refractivity (Wildman–Crippen MR) is 113 cm³/mol. The molecule has 0 heterocycles. The van der Waals surface area contributed by atoms with Crippen LogP contribution in [0.15, 0.2) is 0 Å². The van der Waals surface area contributed by atoms with E-state index in [-0.39, 0.29) is 29.6 Å². The van der Waals surface area contributed by atoms with Gasteiger partial charge in [-0.25, -0.2) is 0 Å². The molecule has 0 aromatic carbocycles. The van der Waals surface area contributed by atoms with Crippen LogP contribution in [0.4, 0.5) is 0 Å². The number of aliphatic carboxylic acids is 1. The van der Waals surface area contributed by atoms with Crippen molar-refractivity contribution in [3.63, 3.8) is 0 Å². The summed E-state index contributed by atoms with van der Waals surface area (Å²) in [5.41, 5.74) is 1.12. The third kappa shape index (κ3) is 3.70. The summed E-state index contributed by atoms with van der Waals surface area (Å²) in [6.45, 7) is 7.60. The van der Waals surface area contributed by atoms with Crippen LogP contribution < -0.4 is 0 Å². The first kappa shape index (κ1) is 22.2. The van der Waals surface area contributed by atoms with Gasteiger partial charge in [0.25, 0.3) is 0 Å². The van der Waals surface area contributed by atoms with Crippen LogP contribution in [0, 0.1) is 46.3 Å². The van der Waals surface area contributed by atoms with E-state index < -0.39 is 5.97 Å². The minimum absolute atomic E-state index is 0. The molecular weight excluding hydrogens is 343 g/mol. The second-order valence-corrected chi connectivity index (χ2v) is 11.0. The maximum atomic E-state index is 11.0. The molecule has 0 amide bonds. The van der Waals surface area contributed by atoms with Gasteiger partial charge in [-0.05, 0) is 104 Å². The first-order valence-corrected chi connectivity index (χ1v) is 11.6. The van der Waals surface area contributed by atoms with Crippen molar-refractivity contribution in [2.45, 2.75) is 97.8 Å². The van der Waals surface area contributed by atoms with Crippen molar-refractivity contribution in [3.05, 3.63) is 0 Å². The fourth-order valence-corrected chi connectivity index (χ4v) is 8.82. The molecular formula is C24H41NaO2. The van der Waals surface area contributed by atoms with Crippen LogP contribution in [0.25, 0.3) is 0 Å². The molecule has 4 aliphatic carbocycles. The zero-order chi connectivity index (χ0) is 18.5. The quantitative estimate of drug-likeness (QED) is 0.614. The molecule has 3 heteroatoms. The first-order valence-electron chi connectivity index (χ1n) is 11.6. The third-order valence-corrected chi connectivity index (χ3v) is 10.2. The molecule has 0 bridgehead atoms. The fraction of sp³-hybridized carbons (Fsp3) is 0.958. The van der Waals surface area contributed by atoms with E-state index in [0.29, 0.717) is 23.2 Å². The van der Waals surface area contributed by atoms with Crippen LogP contribution in [0.5, 0.6) is 0 Å². The molecule has 2 nitrogen and oxygen atoms in total. The van der Waals surface area contributed by atoms with E-state index in [9.17, 15) is 4.79 Å². The number of hydrogen-bond acceptors (Lipinski definition) is 1. The standard InChI is InChI=1S/C24H40O2.Na.H/c1-16(7-12-22(25)26)19-10-11-20-18-9-8-17-6-4-5-14-23(17,2)21(18)13-15-24(19,20)3;;/h16-21H,4-15H2,1-3H3,(H,25,26);;/t16?,17?,18-,19+,20-,21-,23-,24+;;/m0../s1. The fourth-order valence-electron chi connectivity index (χ4n) is 8.82. The van der Waals surface area contributed by atoms with E-state index in [2.05, 4.69) is 20.8 Å². The average Bonchev–Trinajstić information content (AvgIpc) is 2.96. The average molecular weight is 385 g/mol.